The molecule has 0 unspecified atom stereocenters. The van der Waals surface area contributed by atoms with Crippen molar-refractivity contribution in [1.82, 2.24) is 4.90 Å². The standard InChI is InChI=1S/C25H36F2N2O5SSi/c1-9-33-21(30)19-15-25(5,17-11-10-12-18(26)20(17)27)28-22(35-19)29(23(31)34-24(2,3)4)16-32-13-14-36(6,7)8/h10-12,15H,9,13-14,16H2,1-8H3/t25-/m0/s1. The Balaban J connectivity index is 2.54. The molecule has 7 nitrogen and oxygen atoms in total. The van der Waals surface area contributed by atoms with E-state index >= 15 is 0 Å². The number of carbonyl (C=O) groups is 2. The molecule has 0 aromatic heterocycles. The van der Waals surface area contributed by atoms with E-state index in [-0.39, 0.29) is 29.0 Å². The lowest BCUT2D eigenvalue weighted by Crippen LogP contribution is -2.43. The molecule has 36 heavy (non-hydrogen) atoms. The summed E-state index contributed by atoms with van der Waals surface area (Å²) >= 11 is 0.887. The first kappa shape index (κ1) is 30.0. The maximum absolute atomic E-state index is 14.9. The Labute approximate surface area is 217 Å². The Morgan fingerprint density at radius 3 is 2.44 bits per heavy atom. The quantitative estimate of drug-likeness (QED) is 0.167. The predicted octanol–water partition coefficient (Wildman–Crippen LogP) is 6.28. The summed E-state index contributed by atoms with van der Waals surface area (Å²) in [5, 5.41) is 0.0500. The molecule has 1 atom stereocenters. The number of rotatable bonds is 8. The lowest BCUT2D eigenvalue weighted by atomic mass is 9.91. The van der Waals surface area contributed by atoms with E-state index in [2.05, 4.69) is 24.6 Å². The molecule has 0 saturated heterocycles. The first-order valence-corrected chi connectivity index (χ1v) is 16.3. The highest BCUT2D eigenvalue weighted by Gasteiger charge is 2.38. The molecule has 0 saturated carbocycles. The van der Waals surface area contributed by atoms with Gasteiger partial charge in [0, 0.05) is 20.2 Å². The van der Waals surface area contributed by atoms with Crippen molar-refractivity contribution in [2.24, 2.45) is 4.99 Å². The van der Waals surface area contributed by atoms with Gasteiger partial charge in [-0.3, -0.25) is 0 Å². The van der Waals surface area contributed by atoms with Crippen molar-refractivity contribution < 1.29 is 32.6 Å². The monoisotopic (exact) mass is 542 g/mol. The molecule has 1 amide bonds. The van der Waals surface area contributed by atoms with E-state index < -0.39 is 42.9 Å². The third-order valence-electron chi connectivity index (χ3n) is 4.98. The molecule has 200 valence electrons. The molecule has 2 rings (SSSR count). The van der Waals surface area contributed by atoms with Crippen molar-refractivity contribution in [3.63, 3.8) is 0 Å². The minimum Gasteiger partial charge on any atom is -0.462 e. The van der Waals surface area contributed by atoms with E-state index in [0.717, 1.165) is 23.9 Å². The minimum atomic E-state index is -1.51. The van der Waals surface area contributed by atoms with Crippen LogP contribution in [0.4, 0.5) is 13.6 Å². The summed E-state index contributed by atoms with van der Waals surface area (Å²) in [7, 11) is -1.39. The van der Waals surface area contributed by atoms with E-state index in [4.69, 9.17) is 14.2 Å². The molecule has 1 aromatic rings. The summed E-state index contributed by atoms with van der Waals surface area (Å²) in [5.41, 5.74) is -2.41. The van der Waals surface area contributed by atoms with Crippen LogP contribution in [0.2, 0.25) is 25.7 Å². The summed E-state index contributed by atoms with van der Waals surface area (Å²) in [6.07, 6.45) is 0.671. The summed E-state index contributed by atoms with van der Waals surface area (Å²) in [5.74, 6) is -2.81. The third kappa shape index (κ3) is 8.41. The Bertz CT molecular complexity index is 1040. The number of aliphatic imine (C=N–C) groups is 1. The van der Waals surface area contributed by atoms with Crippen LogP contribution in [0.15, 0.2) is 34.2 Å². The van der Waals surface area contributed by atoms with Crippen molar-refractivity contribution in [2.75, 3.05) is 19.9 Å². The molecule has 0 aliphatic carbocycles. The molecule has 1 aliphatic rings. The Kier molecular flexibility index (Phi) is 9.89. The molecule has 0 fully saturated rings. The second-order valence-electron chi connectivity index (χ2n) is 10.7. The van der Waals surface area contributed by atoms with Gasteiger partial charge in [-0.2, -0.15) is 0 Å². The van der Waals surface area contributed by atoms with E-state index in [1.165, 1.54) is 30.0 Å². The first-order valence-electron chi connectivity index (χ1n) is 11.8. The molecule has 11 heteroatoms. The zero-order valence-corrected chi connectivity index (χ0v) is 24.1. The normalized spacial score (nSPS) is 18.3. The average molecular weight is 543 g/mol. The maximum atomic E-state index is 14.9. The summed E-state index contributed by atoms with van der Waals surface area (Å²) in [6.45, 7) is 15.3. The number of hydrogen-bond acceptors (Lipinski definition) is 7. The van der Waals surface area contributed by atoms with Crippen LogP contribution in [0.1, 0.15) is 40.2 Å². The number of esters is 1. The van der Waals surface area contributed by atoms with Gasteiger partial charge in [0.1, 0.15) is 17.9 Å². The number of hydrogen-bond donors (Lipinski definition) is 0. The second kappa shape index (κ2) is 11.9. The van der Waals surface area contributed by atoms with Gasteiger partial charge < -0.3 is 14.2 Å². The molecule has 0 radical (unpaired) electrons. The van der Waals surface area contributed by atoms with Gasteiger partial charge in [0.25, 0.3) is 0 Å². The lowest BCUT2D eigenvalue weighted by Gasteiger charge is -2.33. The number of amidine groups is 1. The van der Waals surface area contributed by atoms with Crippen LogP contribution < -0.4 is 0 Å². The molecule has 0 bridgehead atoms. The van der Waals surface area contributed by atoms with Crippen LogP contribution in [-0.2, 0) is 24.5 Å². The second-order valence-corrected chi connectivity index (χ2v) is 17.4. The number of thioether (sulfide) groups is 1. The number of ether oxygens (including phenoxy) is 3. The predicted molar refractivity (Wildman–Crippen MR) is 140 cm³/mol. The number of halogens is 2. The van der Waals surface area contributed by atoms with Crippen molar-refractivity contribution in [2.45, 2.75) is 71.4 Å². The van der Waals surface area contributed by atoms with Crippen molar-refractivity contribution >= 4 is 37.1 Å². The lowest BCUT2D eigenvalue weighted by molar-refractivity contribution is -0.137. The number of benzene rings is 1. The highest BCUT2D eigenvalue weighted by molar-refractivity contribution is 8.17. The molecule has 1 heterocycles. The number of amides is 1. The van der Waals surface area contributed by atoms with E-state index in [9.17, 15) is 18.4 Å². The van der Waals surface area contributed by atoms with Gasteiger partial charge in [0.2, 0.25) is 0 Å². The fraction of sp³-hybridized carbons (Fsp3) is 0.560. The van der Waals surface area contributed by atoms with E-state index in [0.29, 0.717) is 6.61 Å². The highest BCUT2D eigenvalue weighted by Crippen LogP contribution is 2.40. The smallest absolute Gasteiger partial charge is 0.418 e. The minimum absolute atomic E-state index is 0.0500. The SMILES string of the molecule is CCOC(=O)C1=C[C@@](C)(c2cccc(F)c2F)N=C(N(COCC[Si](C)(C)C)C(=O)OC(C)(C)C)S1. The van der Waals surface area contributed by atoms with Crippen LogP contribution in [0.25, 0.3) is 0 Å². The van der Waals surface area contributed by atoms with Gasteiger partial charge in [-0.25, -0.2) is 28.3 Å². The molecule has 0 N–H and O–H groups in total. The summed E-state index contributed by atoms with van der Waals surface area (Å²) < 4.78 is 45.5. The zero-order valence-electron chi connectivity index (χ0n) is 22.2. The van der Waals surface area contributed by atoms with Gasteiger partial charge in [-0.1, -0.05) is 31.8 Å². The number of carbonyl (C=O) groups excluding carboxylic acids is 2. The van der Waals surface area contributed by atoms with Gasteiger partial charge in [0.15, 0.2) is 16.8 Å². The summed E-state index contributed by atoms with van der Waals surface area (Å²) in [6, 6.07) is 4.62. The van der Waals surface area contributed by atoms with Crippen LogP contribution in [0, 0.1) is 11.6 Å². The molecule has 1 aromatic carbocycles. The van der Waals surface area contributed by atoms with Crippen LogP contribution in [0.3, 0.4) is 0 Å². The van der Waals surface area contributed by atoms with E-state index in [1.54, 1.807) is 27.7 Å². The van der Waals surface area contributed by atoms with Gasteiger partial charge in [0.05, 0.1) is 11.5 Å². The largest absolute Gasteiger partial charge is 0.462 e. The summed E-state index contributed by atoms with van der Waals surface area (Å²) in [4.78, 5) is 31.8. The van der Waals surface area contributed by atoms with Gasteiger partial charge >= 0.3 is 12.1 Å². The first-order chi connectivity index (χ1) is 16.6. The molecular weight excluding hydrogens is 506 g/mol. The Morgan fingerprint density at radius 2 is 1.86 bits per heavy atom. The zero-order chi connectivity index (χ0) is 27.3. The van der Waals surface area contributed by atoms with E-state index in [1.807, 2.05) is 0 Å². The Morgan fingerprint density at radius 1 is 1.19 bits per heavy atom. The van der Waals surface area contributed by atoms with Gasteiger partial charge in [-0.15, -0.1) is 0 Å². The van der Waals surface area contributed by atoms with Crippen LogP contribution in [-0.4, -0.2) is 55.7 Å². The molecule has 1 aliphatic heterocycles. The fourth-order valence-electron chi connectivity index (χ4n) is 3.13. The van der Waals surface area contributed by atoms with Crippen LogP contribution in [0.5, 0.6) is 0 Å². The molecule has 0 spiro atoms. The van der Waals surface area contributed by atoms with Crippen molar-refractivity contribution in [1.29, 1.82) is 0 Å². The van der Waals surface area contributed by atoms with Crippen molar-refractivity contribution in [3.05, 3.63) is 46.4 Å². The van der Waals surface area contributed by atoms with Gasteiger partial charge in [-0.05, 0) is 64.6 Å². The van der Waals surface area contributed by atoms with Crippen molar-refractivity contribution in [3.8, 4) is 0 Å². The Hall–Kier alpha value is -2.24. The topological polar surface area (TPSA) is 77.4 Å². The number of nitrogens with zero attached hydrogens (tertiary/aromatic N) is 2. The maximum Gasteiger partial charge on any atom is 0.418 e. The fourth-order valence-corrected chi connectivity index (χ4v) is 4.98. The average Bonchev–Trinajstić information content (AvgIpc) is 2.73. The third-order valence-corrected chi connectivity index (χ3v) is 7.68. The molecular formula is C25H36F2N2O5SSi. The highest BCUT2D eigenvalue weighted by atomic mass is 32.2. The van der Waals surface area contributed by atoms with Crippen LogP contribution >= 0.6 is 11.8 Å².